The van der Waals surface area contributed by atoms with Gasteiger partial charge < -0.3 is 0 Å². The molecule has 1 unspecified atom stereocenters. The number of nitrogens with zero attached hydrogens (tertiary/aromatic N) is 2. The molecule has 0 spiro atoms. The first-order valence-corrected chi connectivity index (χ1v) is 7.54. The van der Waals surface area contributed by atoms with Gasteiger partial charge >= 0.3 is 0 Å². The molecule has 4 heteroatoms. The fourth-order valence-electron chi connectivity index (χ4n) is 2.73. The van der Waals surface area contributed by atoms with Gasteiger partial charge in [0.2, 0.25) is 0 Å². The molecule has 0 saturated heterocycles. The molecule has 0 bridgehead atoms. The molecule has 0 fully saturated rings. The Bertz CT molecular complexity index is 827. The summed E-state index contributed by atoms with van der Waals surface area (Å²) in [5, 5.41) is 1.10. The highest BCUT2D eigenvalue weighted by molar-refractivity contribution is 5.81. The van der Waals surface area contributed by atoms with Crippen molar-refractivity contribution in [3.8, 4) is 0 Å². The molecule has 0 aliphatic carbocycles. The van der Waals surface area contributed by atoms with Gasteiger partial charge in [-0.25, -0.2) is 8.78 Å². The van der Waals surface area contributed by atoms with Crippen LogP contribution in [0.4, 0.5) is 8.78 Å². The molecular weight excluding hydrogens is 294 g/mol. The Labute approximate surface area is 134 Å². The minimum Gasteiger partial charge on any atom is -0.295 e. The zero-order valence-corrected chi connectivity index (χ0v) is 13.1. The lowest BCUT2D eigenvalue weighted by molar-refractivity contribution is 0.253. The molecule has 0 saturated carbocycles. The van der Waals surface area contributed by atoms with Crippen LogP contribution in [0, 0.1) is 11.6 Å². The number of fused-ring (bicyclic) bond motifs is 1. The molecule has 3 aromatic rings. The molecule has 118 valence electrons. The Morgan fingerprint density at radius 2 is 1.83 bits per heavy atom. The molecule has 0 aliphatic heterocycles. The maximum absolute atomic E-state index is 13.4. The number of rotatable bonds is 4. The van der Waals surface area contributed by atoms with Crippen LogP contribution >= 0.6 is 0 Å². The molecule has 0 aliphatic rings. The van der Waals surface area contributed by atoms with Crippen molar-refractivity contribution in [1.82, 2.24) is 9.88 Å². The van der Waals surface area contributed by atoms with Gasteiger partial charge in [0.05, 0.1) is 5.52 Å². The first-order valence-electron chi connectivity index (χ1n) is 7.54. The number of para-hydroxylation sites is 1. The van der Waals surface area contributed by atoms with Crippen molar-refractivity contribution in [2.24, 2.45) is 0 Å². The van der Waals surface area contributed by atoms with Gasteiger partial charge in [0.15, 0.2) is 11.6 Å². The van der Waals surface area contributed by atoms with E-state index in [0.717, 1.165) is 22.0 Å². The van der Waals surface area contributed by atoms with E-state index in [4.69, 9.17) is 0 Å². The zero-order valence-electron chi connectivity index (χ0n) is 13.1. The Kier molecular flexibility index (Phi) is 4.35. The largest absolute Gasteiger partial charge is 0.295 e. The second kappa shape index (κ2) is 6.42. The number of benzene rings is 2. The Morgan fingerprint density at radius 3 is 2.61 bits per heavy atom. The average molecular weight is 312 g/mol. The summed E-state index contributed by atoms with van der Waals surface area (Å²) in [4.78, 5) is 6.55. The highest BCUT2D eigenvalue weighted by atomic mass is 19.2. The molecule has 1 atom stereocenters. The van der Waals surface area contributed by atoms with Crippen LogP contribution in [0.2, 0.25) is 0 Å². The second-order valence-electron chi connectivity index (χ2n) is 5.76. The Hall–Kier alpha value is -2.33. The summed E-state index contributed by atoms with van der Waals surface area (Å²) in [6.45, 7) is 2.65. The summed E-state index contributed by atoms with van der Waals surface area (Å²) in [5.41, 5.74) is 2.83. The molecule has 0 amide bonds. The fraction of sp³-hybridized carbons (Fsp3) is 0.211. The lowest BCUT2D eigenvalue weighted by Gasteiger charge is -2.25. The van der Waals surface area contributed by atoms with Gasteiger partial charge in [-0.2, -0.15) is 0 Å². The summed E-state index contributed by atoms with van der Waals surface area (Å²) in [5.74, 6) is -1.63. The smallest absolute Gasteiger partial charge is 0.159 e. The van der Waals surface area contributed by atoms with Gasteiger partial charge in [-0.1, -0.05) is 30.3 Å². The van der Waals surface area contributed by atoms with E-state index in [2.05, 4.69) is 9.88 Å². The molecule has 1 aromatic heterocycles. The highest BCUT2D eigenvalue weighted by Crippen LogP contribution is 2.24. The molecule has 23 heavy (non-hydrogen) atoms. The lowest BCUT2D eigenvalue weighted by atomic mass is 10.0. The van der Waals surface area contributed by atoms with Crippen LogP contribution in [0.3, 0.4) is 0 Å². The van der Waals surface area contributed by atoms with Crippen LogP contribution in [0.25, 0.3) is 10.9 Å². The maximum atomic E-state index is 13.4. The third-order valence-corrected chi connectivity index (χ3v) is 4.22. The molecule has 1 heterocycles. The Morgan fingerprint density at radius 1 is 1.04 bits per heavy atom. The lowest BCUT2D eigenvalue weighted by Crippen LogP contribution is -2.22. The van der Waals surface area contributed by atoms with E-state index in [0.29, 0.717) is 6.54 Å². The van der Waals surface area contributed by atoms with Crippen LogP contribution in [0.15, 0.2) is 54.7 Å². The van der Waals surface area contributed by atoms with E-state index in [1.807, 2.05) is 44.3 Å². The predicted molar refractivity (Wildman–Crippen MR) is 88.0 cm³/mol. The van der Waals surface area contributed by atoms with Crippen molar-refractivity contribution in [2.75, 3.05) is 7.05 Å². The van der Waals surface area contributed by atoms with Crippen molar-refractivity contribution >= 4 is 10.9 Å². The third-order valence-electron chi connectivity index (χ3n) is 4.22. The number of aromatic nitrogens is 1. The van der Waals surface area contributed by atoms with Crippen LogP contribution in [-0.2, 0) is 6.54 Å². The number of hydrogen-bond acceptors (Lipinski definition) is 2. The van der Waals surface area contributed by atoms with Gasteiger partial charge in [-0.05, 0) is 43.3 Å². The predicted octanol–water partition coefficient (Wildman–Crippen LogP) is 4.71. The van der Waals surface area contributed by atoms with E-state index in [1.54, 1.807) is 12.3 Å². The summed E-state index contributed by atoms with van der Waals surface area (Å²) in [6.07, 6.45) is 1.78. The van der Waals surface area contributed by atoms with Crippen molar-refractivity contribution < 1.29 is 8.78 Å². The van der Waals surface area contributed by atoms with Gasteiger partial charge in [0.1, 0.15) is 0 Å². The first-order chi connectivity index (χ1) is 11.1. The van der Waals surface area contributed by atoms with E-state index in [9.17, 15) is 8.78 Å². The van der Waals surface area contributed by atoms with Crippen LogP contribution < -0.4 is 0 Å². The zero-order chi connectivity index (χ0) is 16.4. The number of hydrogen-bond donors (Lipinski definition) is 0. The normalized spacial score (nSPS) is 12.7. The molecule has 2 aromatic carbocycles. The van der Waals surface area contributed by atoms with Gasteiger partial charge in [-0.3, -0.25) is 9.88 Å². The molecular formula is C19H18F2N2. The SMILES string of the molecule is CC(c1ccc(F)c(F)c1)N(C)Cc1cccc2cccnc12. The van der Waals surface area contributed by atoms with E-state index >= 15 is 0 Å². The monoisotopic (exact) mass is 312 g/mol. The van der Waals surface area contributed by atoms with Crippen LogP contribution in [0.5, 0.6) is 0 Å². The standard InChI is InChI=1S/C19H18F2N2/c1-13(15-8-9-17(20)18(21)11-15)23(2)12-16-6-3-5-14-7-4-10-22-19(14)16/h3-11,13H,12H2,1-2H3. The minimum absolute atomic E-state index is 0.0379. The van der Waals surface area contributed by atoms with Gasteiger partial charge in [-0.15, -0.1) is 0 Å². The van der Waals surface area contributed by atoms with Crippen molar-refractivity contribution in [1.29, 1.82) is 0 Å². The molecule has 2 nitrogen and oxygen atoms in total. The quantitative estimate of drug-likeness (QED) is 0.694. The molecule has 0 radical (unpaired) electrons. The van der Waals surface area contributed by atoms with Crippen LogP contribution in [0.1, 0.15) is 24.1 Å². The second-order valence-corrected chi connectivity index (χ2v) is 5.76. The van der Waals surface area contributed by atoms with Gasteiger partial charge in [0, 0.05) is 24.2 Å². The topological polar surface area (TPSA) is 16.1 Å². The first kappa shape index (κ1) is 15.6. The molecule has 3 rings (SSSR count). The van der Waals surface area contributed by atoms with Crippen molar-refractivity contribution in [3.05, 3.63) is 77.5 Å². The summed E-state index contributed by atoms with van der Waals surface area (Å²) < 4.78 is 26.5. The highest BCUT2D eigenvalue weighted by Gasteiger charge is 2.15. The number of pyridine rings is 1. The Balaban J connectivity index is 1.85. The summed E-state index contributed by atoms with van der Waals surface area (Å²) >= 11 is 0. The fourth-order valence-corrected chi connectivity index (χ4v) is 2.73. The van der Waals surface area contributed by atoms with E-state index < -0.39 is 11.6 Å². The van der Waals surface area contributed by atoms with E-state index in [-0.39, 0.29) is 6.04 Å². The number of halogens is 2. The minimum atomic E-state index is -0.818. The van der Waals surface area contributed by atoms with Crippen molar-refractivity contribution in [2.45, 2.75) is 19.5 Å². The summed E-state index contributed by atoms with van der Waals surface area (Å²) in [6, 6.07) is 14.1. The summed E-state index contributed by atoms with van der Waals surface area (Å²) in [7, 11) is 1.97. The molecule has 0 N–H and O–H groups in total. The van der Waals surface area contributed by atoms with E-state index in [1.165, 1.54) is 12.1 Å². The van der Waals surface area contributed by atoms with Crippen LogP contribution in [-0.4, -0.2) is 16.9 Å². The van der Waals surface area contributed by atoms with Crippen molar-refractivity contribution in [3.63, 3.8) is 0 Å². The third kappa shape index (κ3) is 3.22. The average Bonchev–Trinajstić information content (AvgIpc) is 2.57. The maximum Gasteiger partial charge on any atom is 0.159 e. The van der Waals surface area contributed by atoms with Gasteiger partial charge in [0.25, 0.3) is 0 Å².